The summed E-state index contributed by atoms with van der Waals surface area (Å²) in [5, 5.41) is 9.61. The summed E-state index contributed by atoms with van der Waals surface area (Å²) in [5.74, 6) is 0. The molecule has 0 bridgehead atoms. The predicted molar refractivity (Wildman–Crippen MR) is 80.5 cm³/mol. The summed E-state index contributed by atoms with van der Waals surface area (Å²) in [6.07, 6.45) is 1.73. The van der Waals surface area contributed by atoms with Crippen LogP contribution in [-0.4, -0.2) is 38.0 Å². The Morgan fingerprint density at radius 2 is 1.90 bits per heavy atom. The first-order valence-corrected chi connectivity index (χ1v) is 8.21. The van der Waals surface area contributed by atoms with Gasteiger partial charge in [-0.15, -0.1) is 0 Å². The SMILES string of the molecule is CCCCN(C)S(=O)(=O)NC(C)(CO)c1ccccc1. The minimum Gasteiger partial charge on any atom is -0.394 e. The first kappa shape index (κ1) is 17.1. The van der Waals surface area contributed by atoms with Crippen molar-refractivity contribution in [2.45, 2.75) is 32.2 Å². The van der Waals surface area contributed by atoms with Crippen LogP contribution in [0.15, 0.2) is 30.3 Å². The van der Waals surface area contributed by atoms with Gasteiger partial charge in [0.15, 0.2) is 0 Å². The van der Waals surface area contributed by atoms with Crippen LogP contribution in [0.3, 0.4) is 0 Å². The molecule has 0 aliphatic carbocycles. The van der Waals surface area contributed by atoms with Crippen molar-refractivity contribution in [2.24, 2.45) is 0 Å². The topological polar surface area (TPSA) is 69.6 Å². The molecule has 1 aromatic rings. The second kappa shape index (κ2) is 7.17. The van der Waals surface area contributed by atoms with Crippen LogP contribution in [0.1, 0.15) is 32.3 Å². The lowest BCUT2D eigenvalue weighted by Crippen LogP contribution is -2.51. The standard InChI is InChI=1S/C14H24N2O3S/c1-4-5-11-16(3)20(18,19)15-14(2,12-17)13-9-7-6-8-10-13/h6-10,15,17H,4-5,11-12H2,1-3H3. The molecule has 0 heterocycles. The minimum absolute atomic E-state index is 0.308. The quantitative estimate of drug-likeness (QED) is 0.763. The van der Waals surface area contributed by atoms with Crippen molar-refractivity contribution in [1.82, 2.24) is 9.03 Å². The Morgan fingerprint density at radius 1 is 1.30 bits per heavy atom. The molecular weight excluding hydrogens is 276 g/mol. The fourth-order valence-corrected chi connectivity index (χ4v) is 3.13. The van der Waals surface area contributed by atoms with Crippen molar-refractivity contribution in [3.05, 3.63) is 35.9 Å². The highest BCUT2D eigenvalue weighted by atomic mass is 32.2. The smallest absolute Gasteiger partial charge is 0.280 e. The van der Waals surface area contributed by atoms with E-state index in [1.54, 1.807) is 26.1 Å². The number of nitrogens with one attached hydrogen (secondary N) is 1. The first-order chi connectivity index (χ1) is 9.35. The van der Waals surface area contributed by atoms with Gasteiger partial charge >= 0.3 is 0 Å². The van der Waals surface area contributed by atoms with Crippen LogP contribution in [0.4, 0.5) is 0 Å². The average molecular weight is 300 g/mol. The summed E-state index contributed by atoms with van der Waals surface area (Å²) in [6, 6.07) is 9.08. The predicted octanol–water partition coefficient (Wildman–Crippen LogP) is 1.46. The van der Waals surface area contributed by atoms with Gasteiger partial charge in [-0.1, -0.05) is 43.7 Å². The molecule has 1 aromatic carbocycles. The van der Waals surface area contributed by atoms with Gasteiger partial charge in [-0.05, 0) is 18.9 Å². The molecule has 1 atom stereocenters. The molecular formula is C14H24N2O3S. The van der Waals surface area contributed by atoms with Crippen LogP contribution in [-0.2, 0) is 15.7 Å². The van der Waals surface area contributed by atoms with E-state index in [2.05, 4.69) is 4.72 Å². The van der Waals surface area contributed by atoms with E-state index in [-0.39, 0.29) is 6.61 Å². The van der Waals surface area contributed by atoms with Crippen molar-refractivity contribution < 1.29 is 13.5 Å². The summed E-state index contributed by atoms with van der Waals surface area (Å²) >= 11 is 0. The molecule has 2 N–H and O–H groups in total. The molecule has 0 spiro atoms. The largest absolute Gasteiger partial charge is 0.394 e. The van der Waals surface area contributed by atoms with Crippen LogP contribution in [0.2, 0.25) is 0 Å². The highest BCUT2D eigenvalue weighted by Gasteiger charge is 2.32. The number of aliphatic hydroxyl groups excluding tert-OH is 1. The number of unbranched alkanes of at least 4 members (excludes halogenated alkanes) is 1. The normalized spacial score (nSPS) is 15.2. The van der Waals surface area contributed by atoms with Crippen molar-refractivity contribution in [3.8, 4) is 0 Å². The maximum absolute atomic E-state index is 12.3. The molecule has 114 valence electrons. The molecule has 0 saturated heterocycles. The van der Waals surface area contributed by atoms with Crippen molar-refractivity contribution in [3.63, 3.8) is 0 Å². The molecule has 0 aliphatic heterocycles. The number of hydrogen-bond donors (Lipinski definition) is 2. The second-order valence-electron chi connectivity index (χ2n) is 5.14. The van der Waals surface area contributed by atoms with E-state index in [0.717, 1.165) is 18.4 Å². The summed E-state index contributed by atoms with van der Waals surface area (Å²) in [6.45, 7) is 3.84. The molecule has 6 heteroatoms. The van der Waals surface area contributed by atoms with E-state index in [0.29, 0.717) is 6.54 Å². The number of benzene rings is 1. The van der Waals surface area contributed by atoms with Crippen molar-refractivity contribution in [1.29, 1.82) is 0 Å². The third-order valence-electron chi connectivity index (χ3n) is 3.32. The number of nitrogens with zero attached hydrogens (tertiary/aromatic N) is 1. The Labute approximate surface area is 121 Å². The summed E-state index contributed by atoms with van der Waals surface area (Å²) in [7, 11) is -2.08. The lowest BCUT2D eigenvalue weighted by Gasteiger charge is -2.31. The molecule has 0 saturated carbocycles. The minimum atomic E-state index is -3.63. The molecule has 0 fully saturated rings. The monoisotopic (exact) mass is 300 g/mol. The highest BCUT2D eigenvalue weighted by molar-refractivity contribution is 7.87. The molecule has 1 unspecified atom stereocenters. The summed E-state index contributed by atoms with van der Waals surface area (Å²) in [4.78, 5) is 0. The van der Waals surface area contributed by atoms with E-state index in [1.807, 2.05) is 25.1 Å². The van der Waals surface area contributed by atoms with Crippen LogP contribution in [0, 0.1) is 0 Å². The zero-order chi connectivity index (χ0) is 15.2. The van der Waals surface area contributed by atoms with Gasteiger partial charge in [0.1, 0.15) is 0 Å². The van der Waals surface area contributed by atoms with E-state index < -0.39 is 15.7 Å². The van der Waals surface area contributed by atoms with Gasteiger partial charge in [0.05, 0.1) is 12.1 Å². The Morgan fingerprint density at radius 3 is 2.40 bits per heavy atom. The zero-order valence-electron chi connectivity index (χ0n) is 12.3. The van der Waals surface area contributed by atoms with Gasteiger partial charge < -0.3 is 5.11 Å². The summed E-state index contributed by atoms with van der Waals surface area (Å²) in [5.41, 5.74) is -0.296. The molecule has 0 radical (unpaired) electrons. The van der Waals surface area contributed by atoms with Crippen molar-refractivity contribution >= 4 is 10.2 Å². The Bertz CT molecular complexity index is 504. The Balaban J connectivity index is 2.92. The number of aliphatic hydroxyl groups is 1. The lowest BCUT2D eigenvalue weighted by molar-refractivity contribution is 0.193. The van der Waals surface area contributed by atoms with Gasteiger partial charge in [0, 0.05) is 13.6 Å². The molecule has 20 heavy (non-hydrogen) atoms. The average Bonchev–Trinajstić information content (AvgIpc) is 2.45. The van der Waals surface area contributed by atoms with Gasteiger partial charge in [-0.3, -0.25) is 0 Å². The van der Waals surface area contributed by atoms with Crippen LogP contribution in [0.5, 0.6) is 0 Å². The van der Waals surface area contributed by atoms with Gasteiger partial charge in [-0.25, -0.2) is 0 Å². The van der Waals surface area contributed by atoms with Crippen LogP contribution in [0.25, 0.3) is 0 Å². The van der Waals surface area contributed by atoms with E-state index in [9.17, 15) is 13.5 Å². The molecule has 0 amide bonds. The molecule has 1 rings (SSSR count). The van der Waals surface area contributed by atoms with Crippen molar-refractivity contribution in [2.75, 3.05) is 20.2 Å². The molecule has 5 nitrogen and oxygen atoms in total. The van der Waals surface area contributed by atoms with E-state index in [4.69, 9.17) is 0 Å². The van der Waals surface area contributed by atoms with E-state index in [1.165, 1.54) is 4.31 Å². The fraction of sp³-hybridized carbons (Fsp3) is 0.571. The maximum Gasteiger partial charge on any atom is 0.280 e. The number of hydrogen-bond acceptors (Lipinski definition) is 3. The third kappa shape index (κ3) is 4.28. The van der Waals surface area contributed by atoms with Gasteiger partial charge in [0.25, 0.3) is 10.2 Å². The van der Waals surface area contributed by atoms with E-state index >= 15 is 0 Å². The number of rotatable bonds is 8. The van der Waals surface area contributed by atoms with Gasteiger partial charge in [-0.2, -0.15) is 17.4 Å². The summed E-state index contributed by atoms with van der Waals surface area (Å²) < 4.78 is 28.5. The zero-order valence-corrected chi connectivity index (χ0v) is 13.2. The molecule has 0 aromatic heterocycles. The van der Waals surface area contributed by atoms with Gasteiger partial charge in [0.2, 0.25) is 0 Å². The van der Waals surface area contributed by atoms with Crippen LogP contribution >= 0.6 is 0 Å². The Kier molecular flexibility index (Phi) is 6.13. The van der Waals surface area contributed by atoms with Crippen LogP contribution < -0.4 is 4.72 Å². The fourth-order valence-electron chi connectivity index (χ4n) is 1.85. The Hall–Kier alpha value is -0.950. The maximum atomic E-state index is 12.3. The molecule has 0 aliphatic rings. The third-order valence-corrected chi connectivity index (χ3v) is 5.03. The lowest BCUT2D eigenvalue weighted by atomic mass is 9.94. The highest BCUT2D eigenvalue weighted by Crippen LogP contribution is 2.21. The first-order valence-electron chi connectivity index (χ1n) is 6.77. The second-order valence-corrected chi connectivity index (χ2v) is 6.92.